The van der Waals surface area contributed by atoms with Gasteiger partial charge in [0.15, 0.2) is 0 Å². The summed E-state index contributed by atoms with van der Waals surface area (Å²) in [5, 5.41) is 3.24. The minimum Gasteiger partial charge on any atom is -0.384 e. The van der Waals surface area contributed by atoms with Crippen LogP contribution in [0.3, 0.4) is 0 Å². The van der Waals surface area contributed by atoms with E-state index in [0.29, 0.717) is 11.6 Å². The van der Waals surface area contributed by atoms with Crippen molar-refractivity contribution < 1.29 is 0 Å². The Bertz CT molecular complexity index is 599. The van der Waals surface area contributed by atoms with Crippen molar-refractivity contribution in [3.8, 4) is 0 Å². The molecule has 0 aliphatic heterocycles. The van der Waals surface area contributed by atoms with Crippen molar-refractivity contribution in [3.05, 3.63) is 39.0 Å². The van der Waals surface area contributed by atoms with Gasteiger partial charge in [0.05, 0.1) is 5.69 Å². The number of aromatic nitrogens is 2. The summed E-state index contributed by atoms with van der Waals surface area (Å²) >= 11 is 6.94. The summed E-state index contributed by atoms with van der Waals surface area (Å²) in [7, 11) is 0. The molecule has 19 heavy (non-hydrogen) atoms. The number of halogens is 2. The molecule has 0 radical (unpaired) electrons. The van der Waals surface area contributed by atoms with E-state index in [4.69, 9.17) is 5.73 Å². The number of hydrogen-bond donors (Lipinski definition) is 2. The van der Waals surface area contributed by atoms with Gasteiger partial charge >= 0.3 is 0 Å². The van der Waals surface area contributed by atoms with E-state index in [1.165, 1.54) is 0 Å². The van der Waals surface area contributed by atoms with E-state index in [2.05, 4.69) is 47.1 Å². The van der Waals surface area contributed by atoms with Crippen molar-refractivity contribution in [1.82, 2.24) is 9.97 Å². The molecule has 0 aliphatic carbocycles. The van der Waals surface area contributed by atoms with Gasteiger partial charge in [-0.15, -0.1) is 0 Å². The Morgan fingerprint density at radius 1 is 1.16 bits per heavy atom. The molecular weight excluding hydrogens is 372 g/mol. The zero-order valence-electron chi connectivity index (χ0n) is 10.6. The van der Waals surface area contributed by atoms with Crippen molar-refractivity contribution in [3.63, 3.8) is 0 Å². The van der Waals surface area contributed by atoms with Gasteiger partial charge in [-0.25, -0.2) is 9.97 Å². The monoisotopic (exact) mass is 384 g/mol. The summed E-state index contributed by atoms with van der Waals surface area (Å²) in [6.07, 6.45) is 0. The van der Waals surface area contributed by atoms with Crippen LogP contribution in [0, 0.1) is 0 Å². The molecule has 0 saturated carbocycles. The van der Waals surface area contributed by atoms with Gasteiger partial charge in [0.2, 0.25) is 0 Å². The number of nitrogen functional groups attached to an aromatic ring is 1. The molecule has 100 valence electrons. The third-order valence-electron chi connectivity index (χ3n) is 2.47. The highest BCUT2D eigenvalue weighted by Gasteiger charge is 2.08. The molecule has 1 aromatic carbocycles. The number of nitrogens with zero attached hydrogens (tertiary/aromatic N) is 2. The minimum atomic E-state index is 0.231. The van der Waals surface area contributed by atoms with E-state index in [0.717, 1.165) is 20.5 Å². The van der Waals surface area contributed by atoms with Crippen molar-refractivity contribution in [2.75, 3.05) is 11.1 Å². The van der Waals surface area contributed by atoms with Gasteiger partial charge in [0, 0.05) is 20.9 Å². The maximum atomic E-state index is 5.81. The highest BCUT2D eigenvalue weighted by molar-refractivity contribution is 9.11. The lowest BCUT2D eigenvalue weighted by Crippen LogP contribution is -2.05. The average molecular weight is 386 g/mol. The lowest BCUT2D eigenvalue weighted by Gasteiger charge is -2.11. The Morgan fingerprint density at radius 3 is 2.58 bits per heavy atom. The van der Waals surface area contributed by atoms with Crippen LogP contribution < -0.4 is 11.1 Å². The van der Waals surface area contributed by atoms with Crippen LogP contribution in [0.25, 0.3) is 0 Å². The number of anilines is 3. The third kappa shape index (κ3) is 3.67. The highest BCUT2D eigenvalue weighted by atomic mass is 79.9. The fraction of sp³-hybridized carbons (Fsp3) is 0.231. The number of nitrogens with two attached hydrogens (primary N) is 1. The first kappa shape index (κ1) is 14.3. The molecule has 0 atom stereocenters. The Hall–Kier alpha value is -1.14. The van der Waals surface area contributed by atoms with Crippen LogP contribution in [-0.4, -0.2) is 9.97 Å². The molecule has 1 aromatic heterocycles. The average Bonchev–Trinajstić information content (AvgIpc) is 2.33. The van der Waals surface area contributed by atoms with E-state index in [-0.39, 0.29) is 5.92 Å². The second-order valence-electron chi connectivity index (χ2n) is 4.44. The topological polar surface area (TPSA) is 63.8 Å². The number of hydrogen-bond acceptors (Lipinski definition) is 4. The van der Waals surface area contributed by atoms with E-state index in [1.807, 2.05) is 32.0 Å². The molecular formula is C13H14Br2N4. The summed E-state index contributed by atoms with van der Waals surface area (Å²) in [5.74, 6) is 2.12. The van der Waals surface area contributed by atoms with E-state index >= 15 is 0 Å². The second kappa shape index (κ2) is 5.88. The highest BCUT2D eigenvalue weighted by Crippen LogP contribution is 2.29. The lowest BCUT2D eigenvalue weighted by molar-refractivity contribution is 0.779. The fourth-order valence-electron chi connectivity index (χ4n) is 1.54. The summed E-state index contributed by atoms with van der Waals surface area (Å²) in [6.45, 7) is 4.07. The number of rotatable bonds is 3. The Balaban J connectivity index is 2.35. The zero-order chi connectivity index (χ0) is 14.0. The first-order valence-corrected chi connectivity index (χ1v) is 7.41. The lowest BCUT2D eigenvalue weighted by atomic mass is 10.2. The van der Waals surface area contributed by atoms with Crippen LogP contribution in [0.4, 0.5) is 17.3 Å². The van der Waals surface area contributed by atoms with Gasteiger partial charge in [0.1, 0.15) is 17.5 Å². The quantitative estimate of drug-likeness (QED) is 0.818. The molecule has 0 unspecified atom stereocenters. The second-order valence-corrected chi connectivity index (χ2v) is 6.21. The molecule has 3 N–H and O–H groups in total. The largest absolute Gasteiger partial charge is 0.384 e. The van der Waals surface area contributed by atoms with Crippen LogP contribution in [0.15, 0.2) is 33.2 Å². The number of nitrogens with one attached hydrogen (secondary N) is 1. The van der Waals surface area contributed by atoms with Gasteiger partial charge in [-0.2, -0.15) is 0 Å². The van der Waals surface area contributed by atoms with E-state index in [1.54, 1.807) is 6.07 Å². The Kier molecular flexibility index (Phi) is 4.42. The van der Waals surface area contributed by atoms with Crippen molar-refractivity contribution in [2.45, 2.75) is 19.8 Å². The standard InChI is InChI=1S/C13H14Br2N4/c1-7(2)13-18-11(16)6-12(19-13)17-10-5-8(14)3-4-9(10)15/h3-7H,1-2H3,(H3,16,17,18,19). The molecule has 0 spiro atoms. The number of benzene rings is 1. The predicted molar refractivity (Wildman–Crippen MR) is 85.7 cm³/mol. The predicted octanol–water partition coefficient (Wildman–Crippen LogP) is 4.45. The van der Waals surface area contributed by atoms with Crippen LogP contribution in [0.2, 0.25) is 0 Å². The van der Waals surface area contributed by atoms with Crippen molar-refractivity contribution >= 4 is 49.2 Å². The smallest absolute Gasteiger partial charge is 0.136 e. The summed E-state index contributed by atoms with van der Waals surface area (Å²) < 4.78 is 1.95. The van der Waals surface area contributed by atoms with E-state index in [9.17, 15) is 0 Å². The first-order chi connectivity index (χ1) is 8.95. The molecule has 1 heterocycles. The minimum absolute atomic E-state index is 0.231. The van der Waals surface area contributed by atoms with E-state index < -0.39 is 0 Å². The van der Waals surface area contributed by atoms with Gasteiger partial charge in [-0.1, -0.05) is 29.8 Å². The first-order valence-electron chi connectivity index (χ1n) is 5.82. The van der Waals surface area contributed by atoms with Crippen LogP contribution in [0.5, 0.6) is 0 Å². The Morgan fingerprint density at radius 2 is 1.89 bits per heavy atom. The van der Waals surface area contributed by atoms with Crippen LogP contribution >= 0.6 is 31.9 Å². The molecule has 0 bridgehead atoms. The molecule has 2 aromatic rings. The SMILES string of the molecule is CC(C)c1nc(N)cc(Nc2cc(Br)ccc2Br)n1. The summed E-state index contributed by atoms with van der Waals surface area (Å²) in [5.41, 5.74) is 6.73. The molecule has 2 rings (SSSR count). The molecule has 0 aliphatic rings. The zero-order valence-corrected chi connectivity index (χ0v) is 13.8. The molecule has 6 heteroatoms. The van der Waals surface area contributed by atoms with Gasteiger partial charge in [0.25, 0.3) is 0 Å². The normalized spacial score (nSPS) is 10.8. The molecule has 0 amide bonds. The van der Waals surface area contributed by atoms with Gasteiger partial charge < -0.3 is 11.1 Å². The summed E-state index contributed by atoms with van der Waals surface area (Å²) in [6, 6.07) is 7.61. The maximum absolute atomic E-state index is 5.81. The van der Waals surface area contributed by atoms with Crippen molar-refractivity contribution in [2.24, 2.45) is 0 Å². The molecule has 4 nitrogen and oxygen atoms in total. The van der Waals surface area contributed by atoms with Crippen molar-refractivity contribution in [1.29, 1.82) is 0 Å². The fourth-order valence-corrected chi connectivity index (χ4v) is 2.25. The maximum Gasteiger partial charge on any atom is 0.136 e. The molecule has 0 fully saturated rings. The Labute approximate surface area is 129 Å². The third-order valence-corrected chi connectivity index (χ3v) is 3.66. The van der Waals surface area contributed by atoms with Crippen LogP contribution in [0.1, 0.15) is 25.6 Å². The van der Waals surface area contributed by atoms with Gasteiger partial charge in [-0.05, 0) is 34.1 Å². The van der Waals surface area contributed by atoms with Crippen LogP contribution in [-0.2, 0) is 0 Å². The van der Waals surface area contributed by atoms with Gasteiger partial charge in [-0.3, -0.25) is 0 Å². The summed E-state index contributed by atoms with van der Waals surface area (Å²) in [4.78, 5) is 8.68. The molecule has 0 saturated heterocycles.